The summed E-state index contributed by atoms with van der Waals surface area (Å²) < 4.78 is 0. The molecule has 3 N–H and O–H groups in total. The normalized spacial score (nSPS) is 10.7. The number of carbonyl (C=O) groups excluding carboxylic acids is 2. The number of urea groups is 1. The predicted molar refractivity (Wildman–Crippen MR) is 53.2 cm³/mol. The van der Waals surface area contributed by atoms with Crippen LogP contribution in [0.4, 0.5) is 4.79 Å². The van der Waals surface area contributed by atoms with Gasteiger partial charge in [0.05, 0.1) is 0 Å². The summed E-state index contributed by atoms with van der Waals surface area (Å²) in [6.45, 7) is 4.68. The van der Waals surface area contributed by atoms with Gasteiger partial charge in [0.15, 0.2) is 0 Å². The second kappa shape index (κ2) is 6.61. The zero-order valence-corrected chi connectivity index (χ0v) is 8.47. The van der Waals surface area contributed by atoms with Crippen molar-refractivity contribution in [1.82, 2.24) is 5.06 Å². The van der Waals surface area contributed by atoms with Crippen LogP contribution in [0.15, 0.2) is 24.4 Å². The Morgan fingerprint density at radius 1 is 1.60 bits per heavy atom. The molecule has 0 aliphatic heterocycles. The summed E-state index contributed by atoms with van der Waals surface area (Å²) >= 11 is 0. The summed E-state index contributed by atoms with van der Waals surface area (Å²) in [7, 11) is 0. The molecule has 0 aromatic carbocycles. The zero-order chi connectivity index (χ0) is 11.8. The Morgan fingerprint density at radius 2 is 2.20 bits per heavy atom. The second-order valence-electron chi connectivity index (χ2n) is 2.62. The van der Waals surface area contributed by atoms with E-state index in [-0.39, 0.29) is 12.2 Å². The molecule has 2 amide bonds. The van der Waals surface area contributed by atoms with Crippen LogP contribution in [0, 0.1) is 0 Å². The minimum atomic E-state index is -0.937. The largest absolute Gasteiger partial charge is 0.396 e. The van der Waals surface area contributed by atoms with Crippen molar-refractivity contribution in [2.75, 3.05) is 6.61 Å². The lowest BCUT2D eigenvalue weighted by molar-refractivity contribution is -0.162. The highest BCUT2D eigenvalue weighted by molar-refractivity contribution is 5.88. The number of hydroxylamine groups is 2. The molecule has 0 unspecified atom stereocenters. The highest BCUT2D eigenvalue weighted by atomic mass is 16.7. The Morgan fingerprint density at radius 3 is 2.60 bits per heavy atom. The van der Waals surface area contributed by atoms with Crippen LogP contribution in [0.2, 0.25) is 0 Å². The number of hydrogen-bond acceptors (Lipinski definition) is 4. The van der Waals surface area contributed by atoms with Crippen molar-refractivity contribution in [2.45, 2.75) is 13.3 Å². The van der Waals surface area contributed by atoms with Crippen molar-refractivity contribution in [2.24, 2.45) is 5.73 Å². The van der Waals surface area contributed by atoms with Crippen LogP contribution >= 0.6 is 0 Å². The number of primary amides is 1. The van der Waals surface area contributed by atoms with Crippen LogP contribution in [0.3, 0.4) is 0 Å². The third-order valence-corrected chi connectivity index (χ3v) is 1.47. The summed E-state index contributed by atoms with van der Waals surface area (Å²) in [4.78, 5) is 26.5. The molecule has 0 fully saturated rings. The summed E-state index contributed by atoms with van der Waals surface area (Å²) in [5, 5.41) is 9.04. The molecule has 0 bridgehead atoms. The highest BCUT2D eigenvalue weighted by Crippen LogP contribution is 2.01. The first-order valence-corrected chi connectivity index (χ1v) is 4.24. The van der Waals surface area contributed by atoms with E-state index < -0.39 is 12.0 Å². The van der Waals surface area contributed by atoms with Crippen LogP contribution in [-0.4, -0.2) is 28.8 Å². The minimum absolute atomic E-state index is 0.0639. The molecule has 0 aliphatic rings. The molecule has 0 atom stereocenters. The molecule has 6 heteroatoms. The first-order chi connectivity index (χ1) is 7.02. The van der Waals surface area contributed by atoms with E-state index in [2.05, 4.69) is 11.4 Å². The van der Waals surface area contributed by atoms with Gasteiger partial charge in [0.2, 0.25) is 0 Å². The summed E-state index contributed by atoms with van der Waals surface area (Å²) in [5.74, 6) is -0.720. The molecule has 0 spiro atoms. The average molecular weight is 214 g/mol. The zero-order valence-electron chi connectivity index (χ0n) is 8.47. The number of aliphatic hydroxyl groups excluding tert-OH is 1. The molecule has 0 aromatic rings. The molecule has 0 saturated heterocycles. The maximum absolute atomic E-state index is 11.3. The third kappa shape index (κ3) is 4.82. The molecule has 0 rings (SSSR count). The van der Waals surface area contributed by atoms with Gasteiger partial charge in [-0.15, -0.1) is 5.06 Å². The lowest BCUT2D eigenvalue weighted by Crippen LogP contribution is -2.33. The van der Waals surface area contributed by atoms with Gasteiger partial charge in [-0.2, -0.15) is 0 Å². The number of aliphatic hydroxyl groups is 1. The fourth-order valence-corrected chi connectivity index (χ4v) is 0.698. The van der Waals surface area contributed by atoms with E-state index in [0.717, 1.165) is 6.20 Å². The molecule has 6 nitrogen and oxygen atoms in total. The Balaban J connectivity index is 4.34. The molecular formula is C9H14N2O4. The SMILES string of the molecule is C=CN(OC(=O)C(C)=CCCO)C(N)=O. The quantitative estimate of drug-likeness (QED) is 0.520. The standard InChI is InChI=1S/C9H14N2O4/c1-3-11(9(10)14)15-8(13)7(2)5-4-6-12/h3,5,12H,1,4,6H2,2H3,(H2,10,14). The van der Waals surface area contributed by atoms with Gasteiger partial charge in [-0.05, 0) is 13.3 Å². The Bertz CT molecular complexity index is 286. The smallest absolute Gasteiger partial charge is 0.359 e. The fraction of sp³-hybridized carbons (Fsp3) is 0.333. The second-order valence-corrected chi connectivity index (χ2v) is 2.62. The van der Waals surface area contributed by atoms with E-state index in [1.807, 2.05) is 0 Å². The van der Waals surface area contributed by atoms with Crippen LogP contribution < -0.4 is 5.73 Å². The molecule has 0 radical (unpaired) electrons. The van der Waals surface area contributed by atoms with Crippen molar-refractivity contribution < 1.29 is 19.5 Å². The fourth-order valence-electron chi connectivity index (χ4n) is 0.698. The predicted octanol–water partition coefficient (Wildman–Crippen LogP) is 0.298. The molecule has 0 saturated carbocycles. The van der Waals surface area contributed by atoms with Crippen LogP contribution in [0.5, 0.6) is 0 Å². The van der Waals surface area contributed by atoms with Crippen molar-refractivity contribution in [3.63, 3.8) is 0 Å². The van der Waals surface area contributed by atoms with E-state index in [9.17, 15) is 9.59 Å². The number of amides is 2. The van der Waals surface area contributed by atoms with E-state index >= 15 is 0 Å². The summed E-state index contributed by atoms with van der Waals surface area (Å²) in [5.41, 5.74) is 5.15. The topological polar surface area (TPSA) is 92.9 Å². The van der Waals surface area contributed by atoms with Crippen molar-refractivity contribution >= 4 is 12.0 Å². The summed E-state index contributed by atoms with van der Waals surface area (Å²) in [6, 6.07) is -0.937. The van der Waals surface area contributed by atoms with Gasteiger partial charge in [0.1, 0.15) is 0 Å². The molecular weight excluding hydrogens is 200 g/mol. The summed E-state index contributed by atoms with van der Waals surface area (Å²) in [6.07, 6.45) is 2.82. The van der Waals surface area contributed by atoms with Crippen molar-refractivity contribution in [3.05, 3.63) is 24.4 Å². The Labute approximate surface area is 87.6 Å². The van der Waals surface area contributed by atoms with E-state index in [0.29, 0.717) is 11.5 Å². The van der Waals surface area contributed by atoms with Gasteiger partial charge in [-0.1, -0.05) is 12.7 Å². The van der Waals surface area contributed by atoms with Crippen LogP contribution in [-0.2, 0) is 9.63 Å². The lowest BCUT2D eigenvalue weighted by atomic mass is 10.2. The number of carbonyl (C=O) groups is 2. The van der Waals surface area contributed by atoms with Crippen LogP contribution in [0.1, 0.15) is 13.3 Å². The number of nitrogens with zero attached hydrogens (tertiary/aromatic N) is 1. The number of hydrogen-bond donors (Lipinski definition) is 2. The third-order valence-electron chi connectivity index (χ3n) is 1.47. The van der Waals surface area contributed by atoms with E-state index in [4.69, 9.17) is 10.8 Å². The van der Waals surface area contributed by atoms with Gasteiger partial charge < -0.3 is 15.7 Å². The van der Waals surface area contributed by atoms with Gasteiger partial charge in [-0.3, -0.25) is 0 Å². The first kappa shape index (κ1) is 13.2. The van der Waals surface area contributed by atoms with Gasteiger partial charge >= 0.3 is 12.0 Å². The minimum Gasteiger partial charge on any atom is -0.396 e. The van der Waals surface area contributed by atoms with E-state index in [1.54, 1.807) is 0 Å². The molecule has 0 aliphatic carbocycles. The monoisotopic (exact) mass is 214 g/mol. The van der Waals surface area contributed by atoms with Crippen LogP contribution in [0.25, 0.3) is 0 Å². The van der Waals surface area contributed by atoms with Gasteiger partial charge in [0, 0.05) is 18.4 Å². The van der Waals surface area contributed by atoms with Crippen molar-refractivity contribution in [1.29, 1.82) is 0 Å². The number of nitrogens with two attached hydrogens (primary N) is 1. The maximum Gasteiger partial charge on any atom is 0.359 e. The maximum atomic E-state index is 11.3. The molecule has 84 valence electrons. The lowest BCUT2D eigenvalue weighted by Gasteiger charge is -2.13. The molecule has 0 heterocycles. The van der Waals surface area contributed by atoms with E-state index in [1.165, 1.54) is 13.0 Å². The number of rotatable bonds is 4. The van der Waals surface area contributed by atoms with Gasteiger partial charge in [-0.25, -0.2) is 9.59 Å². The highest BCUT2D eigenvalue weighted by Gasteiger charge is 2.13. The molecule has 15 heavy (non-hydrogen) atoms. The Hall–Kier alpha value is -1.82. The van der Waals surface area contributed by atoms with Crippen molar-refractivity contribution in [3.8, 4) is 0 Å². The first-order valence-electron chi connectivity index (χ1n) is 4.24. The molecule has 0 aromatic heterocycles. The average Bonchev–Trinajstić information content (AvgIpc) is 2.21. The van der Waals surface area contributed by atoms with Gasteiger partial charge in [0.25, 0.3) is 0 Å². The Kier molecular flexibility index (Phi) is 5.81.